The van der Waals surface area contributed by atoms with Gasteiger partial charge in [-0.05, 0) is 33.1 Å². The molecular weight excluding hydrogens is 381 g/mol. The van der Waals surface area contributed by atoms with Crippen LogP contribution in [0.5, 0.6) is 0 Å². The quantitative estimate of drug-likeness (QED) is 0.404. The summed E-state index contributed by atoms with van der Waals surface area (Å²) in [7, 11) is 0. The Labute approximate surface area is 161 Å². The minimum Gasteiger partial charge on any atom is -0.598 e. The van der Waals surface area contributed by atoms with Crippen molar-refractivity contribution in [2.45, 2.75) is 80.0 Å². The van der Waals surface area contributed by atoms with Crippen LogP contribution in [0, 0.1) is 5.92 Å². The number of aliphatic hydroxyl groups excluding tert-OH is 3. The highest BCUT2D eigenvalue weighted by Gasteiger charge is 2.50. The van der Waals surface area contributed by atoms with Crippen LogP contribution in [0.15, 0.2) is 12.2 Å². The molecule has 1 saturated heterocycles. The van der Waals surface area contributed by atoms with Gasteiger partial charge in [-0.25, -0.2) is 4.39 Å². The smallest absolute Gasteiger partial charge is 0.136 e. The van der Waals surface area contributed by atoms with Gasteiger partial charge in [0.1, 0.15) is 41.3 Å². The number of hydrogen-bond acceptors (Lipinski definition) is 7. The molecule has 0 radical (unpaired) electrons. The van der Waals surface area contributed by atoms with Gasteiger partial charge in [-0.1, -0.05) is 19.1 Å². The minimum atomic E-state index is -1.42. The van der Waals surface area contributed by atoms with Crippen molar-refractivity contribution >= 4 is 23.1 Å². The van der Waals surface area contributed by atoms with Crippen molar-refractivity contribution < 1.29 is 29.0 Å². The van der Waals surface area contributed by atoms with Crippen molar-refractivity contribution in [3.8, 4) is 0 Å². The fourth-order valence-corrected chi connectivity index (χ4v) is 5.10. The maximum Gasteiger partial charge on any atom is 0.136 e. The first-order valence-corrected chi connectivity index (χ1v) is 10.9. The Hall–Kier alpha value is 0.130. The van der Waals surface area contributed by atoms with Crippen molar-refractivity contribution in [3.05, 3.63) is 12.2 Å². The van der Waals surface area contributed by atoms with Crippen LogP contribution in [-0.2, 0) is 16.1 Å². The van der Waals surface area contributed by atoms with E-state index in [0.717, 1.165) is 11.8 Å². The maximum atomic E-state index is 13.3. The van der Waals surface area contributed by atoms with Gasteiger partial charge in [-0.2, -0.15) is 0 Å². The molecule has 26 heavy (non-hydrogen) atoms. The van der Waals surface area contributed by atoms with Crippen LogP contribution in [0.2, 0.25) is 0 Å². The molecule has 4 N–H and O–H groups in total. The molecule has 0 aliphatic carbocycles. The fourth-order valence-electron chi connectivity index (χ4n) is 2.97. The number of alkyl halides is 1. The number of ether oxygens (including phenoxy) is 1. The Morgan fingerprint density at radius 3 is 2.50 bits per heavy atom. The van der Waals surface area contributed by atoms with Gasteiger partial charge >= 0.3 is 0 Å². The van der Waals surface area contributed by atoms with Crippen molar-refractivity contribution in [3.63, 3.8) is 0 Å². The summed E-state index contributed by atoms with van der Waals surface area (Å²) >= 11 is -0.306. The topological polar surface area (TPSA) is 105 Å². The second-order valence-electron chi connectivity index (χ2n) is 7.90. The van der Waals surface area contributed by atoms with Gasteiger partial charge in [-0.15, -0.1) is 16.5 Å². The molecule has 0 amide bonds. The molecule has 0 spiro atoms. The molecule has 1 fully saturated rings. The highest BCUT2D eigenvalue weighted by molar-refractivity contribution is 8.00. The Morgan fingerprint density at radius 1 is 1.27 bits per heavy atom. The van der Waals surface area contributed by atoms with Crippen LogP contribution >= 0.6 is 11.8 Å². The standard InChI is InChI=1S/C17H30FNO5S2/c1-9-6-5-7-10(8-18)25-16-14(22)12(20)13(21)15(24-16)11(9)19-26(23)17(2,3)4/h5-6,9-16,19-22H,7-8H2,1-4H3/t9-,10+,11-,12+,13-,14-,15-,16-,26?/m1/s1. The van der Waals surface area contributed by atoms with E-state index in [1.54, 1.807) is 0 Å². The summed E-state index contributed by atoms with van der Waals surface area (Å²) in [5.74, 6) is -0.188. The fraction of sp³-hybridized carbons (Fsp3) is 0.882. The second kappa shape index (κ2) is 9.09. The molecule has 2 rings (SSSR count). The summed E-state index contributed by atoms with van der Waals surface area (Å²) < 4.78 is 34.3. The molecule has 1 unspecified atom stereocenters. The van der Waals surface area contributed by atoms with Crippen molar-refractivity contribution in [2.24, 2.45) is 5.92 Å². The van der Waals surface area contributed by atoms with E-state index in [1.165, 1.54) is 0 Å². The van der Waals surface area contributed by atoms with Gasteiger partial charge in [0.25, 0.3) is 0 Å². The van der Waals surface area contributed by atoms with Crippen LogP contribution < -0.4 is 4.72 Å². The summed E-state index contributed by atoms with van der Waals surface area (Å²) in [5, 5.41) is 30.6. The number of rotatable bonds is 3. The zero-order valence-electron chi connectivity index (χ0n) is 15.5. The lowest BCUT2D eigenvalue weighted by atomic mass is 9.88. The molecule has 6 nitrogen and oxygen atoms in total. The number of fused-ring (bicyclic) bond motifs is 2. The van der Waals surface area contributed by atoms with Crippen LogP contribution in [0.1, 0.15) is 34.1 Å². The second-order valence-corrected chi connectivity index (χ2v) is 11.3. The molecule has 0 aromatic heterocycles. The monoisotopic (exact) mass is 411 g/mol. The van der Waals surface area contributed by atoms with Crippen LogP contribution in [0.25, 0.3) is 0 Å². The third-order valence-corrected chi connectivity index (χ3v) is 7.62. The van der Waals surface area contributed by atoms with Gasteiger partial charge < -0.3 is 24.6 Å². The Balaban J connectivity index is 2.34. The van der Waals surface area contributed by atoms with Gasteiger partial charge in [0.2, 0.25) is 0 Å². The lowest BCUT2D eigenvalue weighted by Gasteiger charge is -2.45. The third-order valence-electron chi connectivity index (χ3n) is 4.66. The number of thioether (sulfide) groups is 1. The number of aliphatic hydroxyl groups is 3. The van der Waals surface area contributed by atoms with E-state index in [0.29, 0.717) is 6.42 Å². The van der Waals surface area contributed by atoms with Gasteiger partial charge in [-0.3, -0.25) is 0 Å². The van der Waals surface area contributed by atoms with E-state index in [4.69, 9.17) is 4.74 Å². The average Bonchev–Trinajstić information content (AvgIpc) is 2.57. The van der Waals surface area contributed by atoms with E-state index < -0.39 is 63.9 Å². The minimum absolute atomic E-state index is 0.188. The normalized spacial score (nSPS) is 43.1. The maximum absolute atomic E-state index is 13.3. The molecule has 9 atom stereocenters. The lowest BCUT2D eigenvalue weighted by Crippen LogP contribution is -2.64. The van der Waals surface area contributed by atoms with Crippen LogP contribution in [-0.4, -0.2) is 72.4 Å². The predicted octanol–water partition coefficient (Wildman–Crippen LogP) is 0.882. The zero-order valence-corrected chi connectivity index (χ0v) is 17.2. The number of halogens is 1. The van der Waals surface area contributed by atoms with E-state index >= 15 is 0 Å². The first-order chi connectivity index (χ1) is 12.1. The lowest BCUT2D eigenvalue weighted by molar-refractivity contribution is -0.206. The van der Waals surface area contributed by atoms with Gasteiger partial charge in [0, 0.05) is 16.6 Å². The third kappa shape index (κ3) is 5.14. The van der Waals surface area contributed by atoms with E-state index in [1.807, 2.05) is 39.8 Å². The van der Waals surface area contributed by atoms with Crippen molar-refractivity contribution in [1.29, 1.82) is 0 Å². The summed E-state index contributed by atoms with van der Waals surface area (Å²) in [5.41, 5.74) is -0.870. The largest absolute Gasteiger partial charge is 0.598 e. The molecule has 9 heteroatoms. The Kier molecular flexibility index (Phi) is 7.83. The summed E-state index contributed by atoms with van der Waals surface area (Å²) in [6.07, 6.45) is -0.786. The van der Waals surface area contributed by atoms with Crippen molar-refractivity contribution in [2.75, 3.05) is 6.67 Å². The molecular formula is C17H30FNO5S2. The molecule has 2 aliphatic rings. The average molecular weight is 412 g/mol. The number of allylic oxidation sites excluding steroid dienone is 1. The van der Waals surface area contributed by atoms with E-state index in [-0.39, 0.29) is 5.92 Å². The highest BCUT2D eigenvalue weighted by atomic mass is 32.2. The van der Waals surface area contributed by atoms with Crippen molar-refractivity contribution in [1.82, 2.24) is 4.72 Å². The SMILES string of the molecule is C[C@@H]1C=CC[C@@H](CF)S[C@H]2O[C@@H]([C@H](O)[C@H](O)[C@H]2O)[C@@H]1N[S+]([O-])C(C)(C)C. The summed E-state index contributed by atoms with van der Waals surface area (Å²) in [6, 6.07) is -0.548. The van der Waals surface area contributed by atoms with Gasteiger partial charge in [0.05, 0.1) is 6.04 Å². The number of nitrogens with one attached hydrogen (secondary N) is 1. The van der Waals surface area contributed by atoms with Crippen LogP contribution in [0.3, 0.4) is 0 Å². The molecule has 0 aromatic rings. The Morgan fingerprint density at radius 2 is 1.92 bits per heavy atom. The molecule has 2 bridgehead atoms. The van der Waals surface area contributed by atoms with E-state index in [2.05, 4.69) is 4.72 Å². The van der Waals surface area contributed by atoms with E-state index in [9.17, 15) is 24.3 Å². The number of hydrogen-bond donors (Lipinski definition) is 4. The summed E-state index contributed by atoms with van der Waals surface area (Å²) in [6.45, 7) is 6.79. The first-order valence-electron chi connectivity index (χ1n) is 8.82. The van der Waals surface area contributed by atoms with Gasteiger partial charge in [0.15, 0.2) is 0 Å². The molecule has 2 heterocycles. The predicted molar refractivity (Wildman–Crippen MR) is 102 cm³/mol. The molecule has 152 valence electrons. The van der Waals surface area contributed by atoms with Crippen LogP contribution in [0.4, 0.5) is 4.39 Å². The molecule has 0 aromatic carbocycles. The summed E-state index contributed by atoms with van der Waals surface area (Å²) in [4.78, 5) is 0. The highest BCUT2D eigenvalue weighted by Crippen LogP contribution is 2.36. The Bertz CT molecular complexity index is 492. The molecule has 2 aliphatic heterocycles. The molecule has 0 saturated carbocycles. The first kappa shape index (κ1) is 22.4. The zero-order chi connectivity index (χ0) is 19.6.